The minimum Gasteiger partial charge on any atom is -0.392 e. The summed E-state index contributed by atoms with van der Waals surface area (Å²) in [6.45, 7) is 0.596. The van der Waals surface area contributed by atoms with Crippen LogP contribution in [0.1, 0.15) is 23.9 Å². The van der Waals surface area contributed by atoms with Crippen molar-refractivity contribution in [2.45, 2.75) is 25.1 Å². The first-order chi connectivity index (χ1) is 10.9. The summed E-state index contributed by atoms with van der Waals surface area (Å²) in [5.41, 5.74) is 0.230. The van der Waals surface area contributed by atoms with Crippen LogP contribution in [0.3, 0.4) is 0 Å². The van der Waals surface area contributed by atoms with Crippen LogP contribution in [0.15, 0.2) is 22.7 Å². The summed E-state index contributed by atoms with van der Waals surface area (Å²) in [7, 11) is 3.58. The van der Waals surface area contributed by atoms with E-state index in [4.69, 9.17) is 4.52 Å². The maximum absolute atomic E-state index is 14.0. The van der Waals surface area contributed by atoms with Crippen molar-refractivity contribution in [1.29, 1.82) is 0 Å². The van der Waals surface area contributed by atoms with Gasteiger partial charge in [0.2, 0.25) is 5.89 Å². The summed E-state index contributed by atoms with van der Waals surface area (Å²) in [4.78, 5) is 7.74. The van der Waals surface area contributed by atoms with Crippen LogP contribution in [-0.4, -0.2) is 46.9 Å². The second-order valence-electron chi connectivity index (χ2n) is 5.88. The van der Waals surface area contributed by atoms with E-state index in [1.165, 1.54) is 6.07 Å². The standard InChI is InChI=1S/C15H18F2N4O2/c1-20(2)15-18-14(23-19-15)8-21-7-10(22)6-13(21)11-5-9(16)3-4-12(11)17/h3-5,10,13,22H,6-8H2,1-2H3/t10-,13-/m1/s1. The number of aliphatic hydroxyl groups is 1. The number of nitrogens with zero attached hydrogens (tertiary/aromatic N) is 4. The highest BCUT2D eigenvalue weighted by molar-refractivity contribution is 5.25. The van der Waals surface area contributed by atoms with E-state index in [1.807, 2.05) is 4.90 Å². The van der Waals surface area contributed by atoms with Gasteiger partial charge in [-0.15, -0.1) is 0 Å². The minimum atomic E-state index is -0.612. The van der Waals surface area contributed by atoms with Gasteiger partial charge in [0.05, 0.1) is 12.6 Å². The molecular formula is C15H18F2N4O2. The van der Waals surface area contributed by atoms with Gasteiger partial charge in [-0.3, -0.25) is 4.90 Å². The van der Waals surface area contributed by atoms with Gasteiger partial charge in [0, 0.05) is 32.2 Å². The Morgan fingerprint density at radius 1 is 1.39 bits per heavy atom. The largest absolute Gasteiger partial charge is 0.392 e. The Balaban J connectivity index is 1.83. The zero-order valence-corrected chi connectivity index (χ0v) is 12.9. The topological polar surface area (TPSA) is 65.6 Å². The van der Waals surface area contributed by atoms with Crippen LogP contribution < -0.4 is 4.90 Å². The molecule has 1 aromatic heterocycles. The summed E-state index contributed by atoms with van der Waals surface area (Å²) in [5.74, 6) is -0.191. The van der Waals surface area contributed by atoms with Gasteiger partial charge in [0.1, 0.15) is 11.6 Å². The van der Waals surface area contributed by atoms with Crippen LogP contribution in [0.4, 0.5) is 14.7 Å². The second kappa shape index (κ2) is 6.21. The van der Waals surface area contributed by atoms with Crippen LogP contribution in [0, 0.1) is 11.6 Å². The molecule has 6 nitrogen and oxygen atoms in total. The van der Waals surface area contributed by atoms with Gasteiger partial charge in [-0.05, 0) is 29.8 Å². The summed E-state index contributed by atoms with van der Waals surface area (Å²) in [5, 5.41) is 13.8. The summed E-state index contributed by atoms with van der Waals surface area (Å²) >= 11 is 0. The average molecular weight is 324 g/mol. The molecule has 1 aliphatic rings. The van der Waals surface area contributed by atoms with Crippen molar-refractivity contribution in [3.8, 4) is 0 Å². The van der Waals surface area contributed by atoms with Crippen LogP contribution in [-0.2, 0) is 6.54 Å². The number of hydrogen-bond donors (Lipinski definition) is 1. The van der Waals surface area contributed by atoms with Gasteiger partial charge in [0.15, 0.2) is 0 Å². The first kappa shape index (κ1) is 15.8. The fourth-order valence-electron chi connectivity index (χ4n) is 2.81. The number of aromatic nitrogens is 2. The lowest BCUT2D eigenvalue weighted by Gasteiger charge is -2.23. The molecule has 0 saturated carbocycles. The van der Waals surface area contributed by atoms with E-state index in [0.29, 0.717) is 24.8 Å². The van der Waals surface area contributed by atoms with Gasteiger partial charge in [-0.2, -0.15) is 4.98 Å². The predicted molar refractivity (Wildman–Crippen MR) is 78.8 cm³/mol. The molecule has 1 fully saturated rings. The average Bonchev–Trinajstić information content (AvgIpc) is 3.09. The Hall–Kier alpha value is -2.06. The smallest absolute Gasteiger partial charge is 0.265 e. The van der Waals surface area contributed by atoms with Crippen molar-refractivity contribution in [3.63, 3.8) is 0 Å². The monoisotopic (exact) mass is 324 g/mol. The van der Waals surface area contributed by atoms with E-state index in [2.05, 4.69) is 10.1 Å². The number of hydrogen-bond acceptors (Lipinski definition) is 6. The van der Waals surface area contributed by atoms with Crippen molar-refractivity contribution in [2.75, 3.05) is 25.5 Å². The highest BCUT2D eigenvalue weighted by Crippen LogP contribution is 2.35. The molecule has 1 aliphatic heterocycles. The number of halogens is 2. The first-order valence-electron chi connectivity index (χ1n) is 7.31. The lowest BCUT2D eigenvalue weighted by atomic mass is 10.0. The Morgan fingerprint density at radius 2 is 2.17 bits per heavy atom. The van der Waals surface area contributed by atoms with Gasteiger partial charge < -0.3 is 14.5 Å². The number of likely N-dealkylation sites (tertiary alicyclic amines) is 1. The lowest BCUT2D eigenvalue weighted by molar-refractivity contribution is 0.164. The molecule has 0 bridgehead atoms. The van der Waals surface area contributed by atoms with E-state index < -0.39 is 23.8 Å². The van der Waals surface area contributed by atoms with Crippen LogP contribution >= 0.6 is 0 Å². The molecule has 2 aromatic rings. The van der Waals surface area contributed by atoms with Crippen molar-refractivity contribution >= 4 is 5.95 Å². The Morgan fingerprint density at radius 3 is 2.87 bits per heavy atom. The molecule has 23 heavy (non-hydrogen) atoms. The van der Waals surface area contributed by atoms with Crippen LogP contribution in [0.2, 0.25) is 0 Å². The number of aliphatic hydroxyl groups excluding tert-OH is 1. The van der Waals surface area contributed by atoms with Gasteiger partial charge in [0.25, 0.3) is 5.95 Å². The molecule has 124 valence electrons. The molecule has 1 N–H and O–H groups in total. The zero-order valence-electron chi connectivity index (χ0n) is 12.9. The van der Waals surface area contributed by atoms with Gasteiger partial charge in [-0.25, -0.2) is 8.78 Å². The van der Waals surface area contributed by atoms with Crippen molar-refractivity contribution in [3.05, 3.63) is 41.3 Å². The molecule has 2 atom stereocenters. The molecule has 8 heteroatoms. The van der Waals surface area contributed by atoms with Crippen LogP contribution in [0.25, 0.3) is 0 Å². The Labute approximate surface area is 132 Å². The molecule has 0 spiro atoms. The molecular weight excluding hydrogens is 306 g/mol. The summed E-state index contributed by atoms with van der Waals surface area (Å²) in [6, 6.07) is 2.92. The normalized spacial score (nSPS) is 21.8. The lowest BCUT2D eigenvalue weighted by Crippen LogP contribution is -2.25. The third kappa shape index (κ3) is 3.32. The first-order valence-corrected chi connectivity index (χ1v) is 7.31. The SMILES string of the molecule is CN(C)c1noc(CN2C[C@H](O)C[C@@H]2c2cc(F)ccc2F)n1. The minimum absolute atomic E-state index is 0.230. The maximum Gasteiger partial charge on any atom is 0.265 e. The summed E-state index contributed by atoms with van der Waals surface area (Å²) < 4.78 is 32.7. The molecule has 0 aliphatic carbocycles. The summed E-state index contributed by atoms with van der Waals surface area (Å²) in [6.07, 6.45) is -0.284. The van der Waals surface area contributed by atoms with E-state index in [9.17, 15) is 13.9 Å². The second-order valence-corrected chi connectivity index (χ2v) is 5.88. The Bertz CT molecular complexity index is 692. The van der Waals surface area contributed by atoms with E-state index in [-0.39, 0.29) is 12.1 Å². The molecule has 2 heterocycles. The van der Waals surface area contributed by atoms with Crippen LogP contribution in [0.5, 0.6) is 0 Å². The molecule has 0 amide bonds. The molecule has 1 saturated heterocycles. The highest BCUT2D eigenvalue weighted by Gasteiger charge is 2.34. The van der Waals surface area contributed by atoms with Gasteiger partial charge in [-0.1, -0.05) is 0 Å². The fourth-order valence-corrected chi connectivity index (χ4v) is 2.81. The molecule has 3 rings (SSSR count). The van der Waals surface area contributed by atoms with E-state index >= 15 is 0 Å². The van der Waals surface area contributed by atoms with Crippen molar-refractivity contribution in [1.82, 2.24) is 15.0 Å². The predicted octanol–water partition coefficient (Wildman–Crippen LogP) is 1.72. The third-order valence-electron chi connectivity index (χ3n) is 3.89. The molecule has 1 aromatic carbocycles. The number of benzene rings is 1. The molecule has 0 radical (unpaired) electrons. The number of anilines is 1. The third-order valence-corrected chi connectivity index (χ3v) is 3.89. The van der Waals surface area contributed by atoms with Crippen molar-refractivity contribution in [2.24, 2.45) is 0 Å². The Kier molecular flexibility index (Phi) is 4.27. The number of rotatable bonds is 4. The van der Waals surface area contributed by atoms with E-state index in [0.717, 1.165) is 12.1 Å². The van der Waals surface area contributed by atoms with E-state index in [1.54, 1.807) is 19.0 Å². The fraction of sp³-hybridized carbons (Fsp3) is 0.467. The maximum atomic E-state index is 14.0. The number of β-amino-alcohol motifs (C(OH)–C–C–N with tert-alkyl or cyclic N) is 1. The zero-order chi connectivity index (χ0) is 16.6. The highest BCUT2D eigenvalue weighted by atomic mass is 19.1. The van der Waals surface area contributed by atoms with Gasteiger partial charge >= 0.3 is 0 Å². The quantitative estimate of drug-likeness (QED) is 0.924. The molecule has 0 unspecified atom stereocenters. The van der Waals surface area contributed by atoms with Crippen molar-refractivity contribution < 1.29 is 18.4 Å².